The summed E-state index contributed by atoms with van der Waals surface area (Å²) in [5.41, 5.74) is 1.31. The first kappa shape index (κ1) is 21.5. The Morgan fingerprint density at radius 3 is 2.72 bits per heavy atom. The van der Waals surface area contributed by atoms with Crippen molar-refractivity contribution in [3.63, 3.8) is 0 Å². The van der Waals surface area contributed by atoms with Gasteiger partial charge in [0.2, 0.25) is 5.91 Å². The molecular weight excluding hydrogens is 364 g/mol. The van der Waals surface area contributed by atoms with E-state index in [0.29, 0.717) is 6.42 Å². The number of rotatable bonds is 7. The van der Waals surface area contributed by atoms with Gasteiger partial charge in [-0.1, -0.05) is 38.0 Å². The standard InChI is InChI=1S/C23H36N4O2/c1-4-21(28)27-15-12-18(16-27)26-22(24-5-2)25-17-23(13-8-9-14-23)19-10-6-7-11-20(19)29-3/h6-7,10-11,18H,4-5,8-9,12-17H2,1-3H3,(H2,24,25,26). The van der Waals surface area contributed by atoms with Gasteiger partial charge in [0.05, 0.1) is 13.7 Å². The quantitative estimate of drug-likeness (QED) is 0.545. The van der Waals surface area contributed by atoms with Gasteiger partial charge in [0, 0.05) is 43.1 Å². The van der Waals surface area contributed by atoms with E-state index in [-0.39, 0.29) is 17.4 Å². The SMILES string of the molecule is CCNC(=NCC1(c2ccccc2OC)CCCC1)NC1CCN(C(=O)CC)C1. The zero-order chi connectivity index (χ0) is 20.7. The monoisotopic (exact) mass is 400 g/mol. The lowest BCUT2D eigenvalue weighted by Crippen LogP contribution is -2.45. The normalized spacial score (nSPS) is 21.3. The van der Waals surface area contributed by atoms with Crippen LogP contribution in [0.4, 0.5) is 0 Å². The molecule has 2 N–H and O–H groups in total. The summed E-state index contributed by atoms with van der Waals surface area (Å²) in [4.78, 5) is 18.9. The minimum atomic E-state index is 0.0366. The van der Waals surface area contributed by atoms with E-state index in [4.69, 9.17) is 9.73 Å². The lowest BCUT2D eigenvalue weighted by molar-refractivity contribution is -0.129. The number of aliphatic imine (C=N–C) groups is 1. The van der Waals surface area contributed by atoms with Crippen LogP contribution in [0.15, 0.2) is 29.3 Å². The van der Waals surface area contributed by atoms with Gasteiger partial charge in [0.15, 0.2) is 5.96 Å². The third-order valence-corrected chi connectivity index (χ3v) is 6.31. The zero-order valence-electron chi connectivity index (χ0n) is 18.2. The fourth-order valence-corrected chi connectivity index (χ4v) is 4.72. The number of ether oxygens (including phenoxy) is 1. The second-order valence-corrected chi connectivity index (χ2v) is 8.21. The molecule has 2 fully saturated rings. The number of methoxy groups -OCH3 is 1. The maximum absolute atomic E-state index is 12.0. The van der Waals surface area contributed by atoms with Crippen LogP contribution in [0.5, 0.6) is 5.75 Å². The molecule has 6 heteroatoms. The van der Waals surface area contributed by atoms with E-state index in [1.807, 2.05) is 17.9 Å². The van der Waals surface area contributed by atoms with Crippen LogP contribution in [0.1, 0.15) is 57.9 Å². The van der Waals surface area contributed by atoms with E-state index in [1.54, 1.807) is 7.11 Å². The second kappa shape index (κ2) is 9.99. The number of amides is 1. The van der Waals surface area contributed by atoms with E-state index in [0.717, 1.165) is 57.2 Å². The molecule has 1 amide bonds. The summed E-state index contributed by atoms with van der Waals surface area (Å²) in [6, 6.07) is 8.65. The highest BCUT2D eigenvalue weighted by Crippen LogP contribution is 2.44. The van der Waals surface area contributed by atoms with Crippen LogP contribution in [-0.4, -0.2) is 56.1 Å². The molecule has 1 saturated carbocycles. The predicted molar refractivity (Wildman–Crippen MR) is 118 cm³/mol. The van der Waals surface area contributed by atoms with E-state index in [1.165, 1.54) is 18.4 Å². The molecule has 1 saturated heterocycles. The second-order valence-electron chi connectivity index (χ2n) is 8.21. The first-order valence-electron chi connectivity index (χ1n) is 11.1. The van der Waals surface area contributed by atoms with Crippen LogP contribution < -0.4 is 15.4 Å². The van der Waals surface area contributed by atoms with Crippen molar-refractivity contribution in [3.8, 4) is 5.75 Å². The third-order valence-electron chi connectivity index (χ3n) is 6.31. The van der Waals surface area contributed by atoms with Crippen molar-refractivity contribution in [1.82, 2.24) is 15.5 Å². The van der Waals surface area contributed by atoms with Crippen LogP contribution in [0.25, 0.3) is 0 Å². The van der Waals surface area contributed by atoms with Gasteiger partial charge in [-0.2, -0.15) is 0 Å². The van der Waals surface area contributed by atoms with Crippen molar-refractivity contribution in [2.45, 2.75) is 63.8 Å². The number of hydrogen-bond acceptors (Lipinski definition) is 3. The van der Waals surface area contributed by atoms with Crippen LogP contribution >= 0.6 is 0 Å². The van der Waals surface area contributed by atoms with Gasteiger partial charge in [0.1, 0.15) is 5.75 Å². The van der Waals surface area contributed by atoms with Gasteiger partial charge in [-0.3, -0.25) is 9.79 Å². The van der Waals surface area contributed by atoms with Crippen molar-refractivity contribution < 1.29 is 9.53 Å². The Balaban J connectivity index is 1.73. The molecule has 6 nitrogen and oxygen atoms in total. The molecule has 160 valence electrons. The van der Waals surface area contributed by atoms with Crippen molar-refractivity contribution >= 4 is 11.9 Å². The summed E-state index contributed by atoms with van der Waals surface area (Å²) in [7, 11) is 1.75. The van der Waals surface area contributed by atoms with Crippen LogP contribution in [0.3, 0.4) is 0 Å². The van der Waals surface area contributed by atoms with Gasteiger partial charge >= 0.3 is 0 Å². The van der Waals surface area contributed by atoms with E-state index in [9.17, 15) is 4.79 Å². The largest absolute Gasteiger partial charge is 0.496 e. The van der Waals surface area contributed by atoms with Gasteiger partial charge in [-0.25, -0.2) is 0 Å². The summed E-state index contributed by atoms with van der Waals surface area (Å²) in [6.45, 7) is 7.16. The Morgan fingerprint density at radius 1 is 1.28 bits per heavy atom. The first-order chi connectivity index (χ1) is 14.1. The van der Waals surface area contributed by atoms with Crippen LogP contribution in [0.2, 0.25) is 0 Å². The Bertz CT molecular complexity index is 713. The number of benzene rings is 1. The highest BCUT2D eigenvalue weighted by molar-refractivity contribution is 5.80. The minimum absolute atomic E-state index is 0.0366. The lowest BCUT2D eigenvalue weighted by atomic mass is 9.78. The number of nitrogens with zero attached hydrogens (tertiary/aromatic N) is 2. The molecule has 2 aliphatic rings. The molecule has 1 unspecified atom stereocenters. The maximum Gasteiger partial charge on any atom is 0.222 e. The van der Waals surface area contributed by atoms with E-state index in [2.05, 4.69) is 35.8 Å². The van der Waals surface area contributed by atoms with Crippen LogP contribution in [0, 0.1) is 0 Å². The number of nitrogens with one attached hydrogen (secondary N) is 2. The Labute approximate surface area is 175 Å². The summed E-state index contributed by atoms with van der Waals surface area (Å²) in [5.74, 6) is 2.05. The average Bonchev–Trinajstić information content (AvgIpc) is 3.42. The molecule has 1 aliphatic carbocycles. The number of carbonyl (C=O) groups excluding carboxylic acids is 1. The van der Waals surface area contributed by atoms with Gasteiger partial charge in [0.25, 0.3) is 0 Å². The molecular formula is C23H36N4O2. The molecule has 1 aromatic rings. The summed E-state index contributed by atoms with van der Waals surface area (Å²) < 4.78 is 5.67. The Morgan fingerprint density at radius 2 is 2.03 bits per heavy atom. The van der Waals surface area contributed by atoms with Crippen molar-refractivity contribution in [3.05, 3.63) is 29.8 Å². The molecule has 1 atom stereocenters. The number of hydrogen-bond donors (Lipinski definition) is 2. The predicted octanol–water partition coefficient (Wildman–Crippen LogP) is 3.07. The fraction of sp³-hybridized carbons (Fsp3) is 0.652. The molecule has 0 bridgehead atoms. The van der Waals surface area contributed by atoms with Crippen molar-refractivity contribution in [2.24, 2.45) is 4.99 Å². The lowest BCUT2D eigenvalue weighted by Gasteiger charge is -2.30. The molecule has 29 heavy (non-hydrogen) atoms. The molecule has 0 aromatic heterocycles. The molecule has 0 radical (unpaired) electrons. The topological polar surface area (TPSA) is 66.0 Å². The van der Waals surface area contributed by atoms with Gasteiger partial charge in [-0.15, -0.1) is 0 Å². The zero-order valence-corrected chi connectivity index (χ0v) is 18.2. The highest BCUT2D eigenvalue weighted by atomic mass is 16.5. The minimum Gasteiger partial charge on any atom is -0.496 e. The van der Waals surface area contributed by atoms with Crippen molar-refractivity contribution in [1.29, 1.82) is 0 Å². The van der Waals surface area contributed by atoms with Gasteiger partial charge < -0.3 is 20.3 Å². The fourth-order valence-electron chi connectivity index (χ4n) is 4.72. The molecule has 3 rings (SSSR count). The van der Waals surface area contributed by atoms with E-state index < -0.39 is 0 Å². The maximum atomic E-state index is 12.0. The Kier molecular flexibility index (Phi) is 7.40. The summed E-state index contributed by atoms with van der Waals surface area (Å²) in [5, 5.41) is 6.95. The number of para-hydroxylation sites is 1. The van der Waals surface area contributed by atoms with Gasteiger partial charge in [-0.05, 0) is 32.3 Å². The molecule has 1 aromatic carbocycles. The van der Waals surface area contributed by atoms with Crippen LogP contribution in [-0.2, 0) is 10.2 Å². The van der Waals surface area contributed by atoms with Crippen molar-refractivity contribution in [2.75, 3.05) is 33.3 Å². The Hall–Kier alpha value is -2.24. The number of guanidine groups is 1. The van der Waals surface area contributed by atoms with E-state index >= 15 is 0 Å². The first-order valence-corrected chi connectivity index (χ1v) is 11.1. The molecule has 0 spiro atoms. The summed E-state index contributed by atoms with van der Waals surface area (Å²) in [6.07, 6.45) is 6.27. The average molecular weight is 401 g/mol. The smallest absolute Gasteiger partial charge is 0.222 e. The molecule has 1 aliphatic heterocycles. The third kappa shape index (κ3) is 5.03. The number of likely N-dealkylation sites (tertiary alicyclic amines) is 1. The highest BCUT2D eigenvalue weighted by Gasteiger charge is 2.38. The number of carbonyl (C=O) groups is 1. The summed E-state index contributed by atoms with van der Waals surface area (Å²) >= 11 is 0. The molecule has 1 heterocycles.